The van der Waals surface area contributed by atoms with Crippen LogP contribution < -0.4 is 0 Å². The maximum atomic E-state index is 12.1. The first-order valence-corrected chi connectivity index (χ1v) is 8.30. The smallest absolute Gasteiger partial charge is 0.315 e. The van der Waals surface area contributed by atoms with Gasteiger partial charge in [-0.15, -0.1) is 11.3 Å². The summed E-state index contributed by atoms with van der Waals surface area (Å²) in [7, 11) is 0. The van der Waals surface area contributed by atoms with Crippen molar-refractivity contribution in [2.45, 2.75) is 32.1 Å². The highest BCUT2D eigenvalue weighted by Gasteiger charge is 2.31. The quantitative estimate of drug-likeness (QED) is 0.784. The lowest BCUT2D eigenvalue weighted by Crippen LogP contribution is -2.20. The Bertz CT molecular complexity index is 651. The molecular formula is C16H16ClNO2S. The van der Waals surface area contributed by atoms with E-state index in [1.165, 1.54) is 4.88 Å². The third kappa shape index (κ3) is 2.97. The predicted molar refractivity (Wildman–Crippen MR) is 84.9 cm³/mol. The highest BCUT2D eigenvalue weighted by atomic mass is 35.5. The fourth-order valence-corrected chi connectivity index (χ4v) is 3.90. The van der Waals surface area contributed by atoms with E-state index in [1.54, 1.807) is 11.3 Å². The van der Waals surface area contributed by atoms with Crippen molar-refractivity contribution in [2.75, 3.05) is 6.61 Å². The summed E-state index contributed by atoms with van der Waals surface area (Å²) in [6.45, 7) is 2.25. The van der Waals surface area contributed by atoms with Crippen LogP contribution in [0.3, 0.4) is 0 Å². The largest absolute Gasteiger partial charge is 0.465 e. The van der Waals surface area contributed by atoms with Crippen LogP contribution in [0.1, 0.15) is 36.3 Å². The number of nitrogens with zero attached hydrogens (tertiary/aromatic N) is 1. The van der Waals surface area contributed by atoms with Crippen LogP contribution in [0.15, 0.2) is 24.3 Å². The molecule has 0 radical (unpaired) electrons. The number of benzene rings is 1. The number of halogens is 1. The average molecular weight is 322 g/mol. The van der Waals surface area contributed by atoms with E-state index in [0.29, 0.717) is 11.6 Å². The minimum absolute atomic E-state index is 0.147. The Morgan fingerprint density at radius 1 is 1.43 bits per heavy atom. The van der Waals surface area contributed by atoms with E-state index in [9.17, 15) is 4.79 Å². The van der Waals surface area contributed by atoms with Gasteiger partial charge >= 0.3 is 5.97 Å². The molecule has 3 rings (SSSR count). The molecule has 1 aliphatic carbocycles. The second-order valence-corrected chi connectivity index (χ2v) is 6.55. The van der Waals surface area contributed by atoms with Gasteiger partial charge in [0, 0.05) is 15.5 Å². The summed E-state index contributed by atoms with van der Waals surface area (Å²) in [6, 6.07) is 7.65. The fraction of sp³-hybridized carbons (Fsp3) is 0.375. The summed E-state index contributed by atoms with van der Waals surface area (Å²) >= 11 is 7.59. The first-order chi connectivity index (χ1) is 10.2. The standard InChI is InChI=1S/C16H16ClNO2S/c1-2-20-16(19)12-4-3-5-13-14(12)18-15(21-13)10-6-8-11(17)9-7-10/h6-9,12H,2-5H2,1H3/t12-/m0/s1. The SMILES string of the molecule is CCOC(=O)[C@H]1CCCc2sc(-c3ccc(Cl)cc3)nc21. The first-order valence-electron chi connectivity index (χ1n) is 7.11. The summed E-state index contributed by atoms with van der Waals surface area (Å²) < 4.78 is 5.18. The van der Waals surface area contributed by atoms with Crippen molar-refractivity contribution in [1.29, 1.82) is 0 Å². The zero-order valence-electron chi connectivity index (χ0n) is 11.8. The van der Waals surface area contributed by atoms with E-state index in [0.717, 1.165) is 35.5 Å². The van der Waals surface area contributed by atoms with Gasteiger partial charge in [-0.3, -0.25) is 4.79 Å². The number of rotatable bonds is 3. The highest BCUT2D eigenvalue weighted by molar-refractivity contribution is 7.15. The average Bonchev–Trinajstić information content (AvgIpc) is 2.92. The lowest BCUT2D eigenvalue weighted by Gasteiger charge is -2.19. The van der Waals surface area contributed by atoms with Crippen molar-refractivity contribution in [2.24, 2.45) is 0 Å². The second-order valence-electron chi connectivity index (χ2n) is 5.03. The summed E-state index contributed by atoms with van der Waals surface area (Å²) in [6.07, 6.45) is 2.84. The first kappa shape index (κ1) is 14.5. The Kier molecular flexibility index (Phi) is 4.27. The van der Waals surface area contributed by atoms with Gasteiger partial charge in [-0.2, -0.15) is 0 Å². The monoisotopic (exact) mass is 321 g/mol. The van der Waals surface area contributed by atoms with E-state index in [-0.39, 0.29) is 11.9 Å². The summed E-state index contributed by atoms with van der Waals surface area (Å²) in [5.41, 5.74) is 1.95. The summed E-state index contributed by atoms with van der Waals surface area (Å²) in [5.74, 6) is -0.350. The molecule has 110 valence electrons. The lowest BCUT2D eigenvalue weighted by molar-refractivity contribution is -0.145. The van der Waals surface area contributed by atoms with E-state index < -0.39 is 0 Å². The van der Waals surface area contributed by atoms with Crippen molar-refractivity contribution >= 4 is 28.9 Å². The Hall–Kier alpha value is -1.39. The van der Waals surface area contributed by atoms with Crippen molar-refractivity contribution in [3.8, 4) is 10.6 Å². The fourth-order valence-electron chi connectivity index (χ4n) is 2.61. The molecule has 1 heterocycles. The molecule has 0 unspecified atom stereocenters. The number of fused-ring (bicyclic) bond motifs is 1. The van der Waals surface area contributed by atoms with Crippen molar-refractivity contribution in [3.63, 3.8) is 0 Å². The number of carbonyl (C=O) groups excluding carboxylic acids is 1. The van der Waals surface area contributed by atoms with E-state index in [1.807, 2.05) is 31.2 Å². The third-order valence-corrected chi connectivity index (χ3v) is 5.05. The lowest BCUT2D eigenvalue weighted by atomic mass is 9.91. The van der Waals surface area contributed by atoms with Gasteiger partial charge in [0.05, 0.1) is 12.3 Å². The van der Waals surface area contributed by atoms with Crippen LogP contribution in [0.2, 0.25) is 5.02 Å². The van der Waals surface area contributed by atoms with Crippen LogP contribution in [-0.2, 0) is 16.0 Å². The molecule has 0 bridgehead atoms. The van der Waals surface area contributed by atoms with Gasteiger partial charge < -0.3 is 4.74 Å². The van der Waals surface area contributed by atoms with Crippen LogP contribution in [0.25, 0.3) is 10.6 Å². The molecule has 5 heteroatoms. The van der Waals surface area contributed by atoms with Crippen LogP contribution in [0, 0.1) is 0 Å². The zero-order chi connectivity index (χ0) is 14.8. The Morgan fingerprint density at radius 2 is 2.19 bits per heavy atom. The third-order valence-electron chi connectivity index (χ3n) is 3.62. The van der Waals surface area contributed by atoms with Crippen molar-refractivity contribution in [1.82, 2.24) is 4.98 Å². The van der Waals surface area contributed by atoms with E-state index in [2.05, 4.69) is 0 Å². The topological polar surface area (TPSA) is 39.2 Å². The molecule has 2 aromatic rings. The van der Waals surface area contributed by atoms with Crippen LogP contribution >= 0.6 is 22.9 Å². The van der Waals surface area contributed by atoms with E-state index in [4.69, 9.17) is 21.3 Å². The minimum Gasteiger partial charge on any atom is -0.465 e. The number of aromatic nitrogens is 1. The summed E-state index contributed by atoms with van der Waals surface area (Å²) in [4.78, 5) is 18.0. The zero-order valence-corrected chi connectivity index (χ0v) is 13.3. The molecule has 0 spiro atoms. The Balaban J connectivity index is 1.94. The Labute approximate surface area is 132 Å². The summed E-state index contributed by atoms with van der Waals surface area (Å²) in [5, 5.41) is 1.66. The number of ether oxygens (including phenoxy) is 1. The number of esters is 1. The van der Waals surface area contributed by atoms with Gasteiger partial charge in [-0.05, 0) is 38.3 Å². The molecule has 21 heavy (non-hydrogen) atoms. The van der Waals surface area contributed by atoms with Gasteiger partial charge in [0.1, 0.15) is 10.9 Å². The molecule has 0 fully saturated rings. The molecule has 3 nitrogen and oxygen atoms in total. The maximum absolute atomic E-state index is 12.1. The molecule has 0 amide bonds. The Morgan fingerprint density at radius 3 is 2.90 bits per heavy atom. The predicted octanol–water partition coefficient (Wildman–Crippen LogP) is 4.45. The molecular weight excluding hydrogens is 306 g/mol. The molecule has 1 aromatic carbocycles. The molecule has 0 N–H and O–H groups in total. The maximum Gasteiger partial charge on any atom is 0.315 e. The van der Waals surface area contributed by atoms with Gasteiger partial charge in [0.15, 0.2) is 0 Å². The van der Waals surface area contributed by atoms with Crippen molar-refractivity contribution in [3.05, 3.63) is 39.9 Å². The van der Waals surface area contributed by atoms with Gasteiger partial charge in [0.25, 0.3) is 0 Å². The van der Waals surface area contributed by atoms with Gasteiger partial charge in [-0.1, -0.05) is 23.7 Å². The van der Waals surface area contributed by atoms with Gasteiger partial charge in [-0.25, -0.2) is 4.98 Å². The highest BCUT2D eigenvalue weighted by Crippen LogP contribution is 2.38. The molecule has 1 aliphatic rings. The van der Waals surface area contributed by atoms with Crippen LogP contribution in [0.5, 0.6) is 0 Å². The molecule has 1 aromatic heterocycles. The molecule has 0 saturated carbocycles. The van der Waals surface area contributed by atoms with Crippen LogP contribution in [0.4, 0.5) is 0 Å². The number of aryl methyl sites for hydroxylation is 1. The van der Waals surface area contributed by atoms with E-state index >= 15 is 0 Å². The second kappa shape index (κ2) is 6.16. The number of hydrogen-bond acceptors (Lipinski definition) is 4. The minimum atomic E-state index is -0.203. The number of carbonyl (C=O) groups is 1. The molecule has 1 atom stereocenters. The van der Waals surface area contributed by atoms with Crippen molar-refractivity contribution < 1.29 is 9.53 Å². The van der Waals surface area contributed by atoms with Gasteiger partial charge in [0.2, 0.25) is 0 Å². The normalized spacial score (nSPS) is 17.3. The molecule has 0 aliphatic heterocycles. The number of hydrogen-bond donors (Lipinski definition) is 0. The van der Waals surface area contributed by atoms with Crippen LogP contribution in [-0.4, -0.2) is 17.6 Å². The number of thiazole rings is 1. The molecule has 0 saturated heterocycles.